The number of imide groups is 1. The summed E-state index contributed by atoms with van der Waals surface area (Å²) in [6.45, 7) is 3.82. The lowest BCUT2D eigenvalue weighted by Gasteiger charge is -2.29. The first-order valence-corrected chi connectivity index (χ1v) is 14.3. The first kappa shape index (κ1) is 26.4. The van der Waals surface area contributed by atoms with E-state index in [0.717, 1.165) is 5.56 Å². The van der Waals surface area contributed by atoms with Crippen LogP contribution in [-0.2, 0) is 19.2 Å². The molecule has 1 aliphatic carbocycles. The number of esters is 1. The molecule has 2 heterocycles. The number of hydrogen-bond donors (Lipinski definition) is 0. The molecular formula is C27H25Br2ClN2O5. The van der Waals surface area contributed by atoms with Crippen LogP contribution in [0.15, 0.2) is 36.4 Å². The fourth-order valence-corrected chi connectivity index (χ4v) is 6.87. The molecule has 10 heteroatoms. The van der Waals surface area contributed by atoms with E-state index in [1.54, 1.807) is 42.2 Å². The van der Waals surface area contributed by atoms with Crippen molar-refractivity contribution in [1.29, 1.82) is 0 Å². The number of aryl methyl sites for hydroxylation is 1. The van der Waals surface area contributed by atoms with Gasteiger partial charge in [-0.2, -0.15) is 0 Å². The number of ether oxygens (including phenoxy) is 1. The first-order valence-electron chi connectivity index (χ1n) is 12.1. The molecule has 2 aromatic carbocycles. The second kappa shape index (κ2) is 10.2. The Morgan fingerprint density at radius 2 is 1.62 bits per heavy atom. The van der Waals surface area contributed by atoms with E-state index < -0.39 is 11.9 Å². The zero-order chi connectivity index (χ0) is 26.6. The van der Waals surface area contributed by atoms with Crippen LogP contribution >= 0.6 is 43.5 Å². The second-order valence-corrected chi connectivity index (χ2v) is 12.6. The number of alkyl halides is 2. The molecule has 2 saturated heterocycles. The van der Waals surface area contributed by atoms with Gasteiger partial charge < -0.3 is 9.64 Å². The van der Waals surface area contributed by atoms with Crippen LogP contribution in [0.1, 0.15) is 30.4 Å². The largest absolute Gasteiger partial charge is 0.426 e. The monoisotopic (exact) mass is 650 g/mol. The van der Waals surface area contributed by atoms with Crippen LogP contribution in [-0.4, -0.2) is 39.9 Å². The van der Waals surface area contributed by atoms with E-state index in [1.807, 2.05) is 13.0 Å². The van der Waals surface area contributed by atoms with Crippen LogP contribution in [0.4, 0.5) is 11.4 Å². The molecule has 194 valence electrons. The lowest BCUT2D eigenvalue weighted by atomic mass is 9.81. The fourth-order valence-electron chi connectivity index (χ4n) is 5.46. The van der Waals surface area contributed by atoms with E-state index in [-0.39, 0.29) is 52.2 Å². The molecule has 1 saturated carbocycles. The van der Waals surface area contributed by atoms with Crippen LogP contribution < -0.4 is 14.5 Å². The van der Waals surface area contributed by atoms with Crippen LogP contribution in [0.5, 0.6) is 5.75 Å². The predicted molar refractivity (Wildman–Crippen MR) is 148 cm³/mol. The van der Waals surface area contributed by atoms with Crippen LogP contribution in [0.25, 0.3) is 0 Å². The summed E-state index contributed by atoms with van der Waals surface area (Å²) < 4.78 is 5.62. The zero-order valence-electron chi connectivity index (χ0n) is 20.2. The summed E-state index contributed by atoms with van der Waals surface area (Å²) >= 11 is 13.4. The molecule has 2 aromatic rings. The molecule has 0 N–H and O–H groups in total. The van der Waals surface area contributed by atoms with Gasteiger partial charge in [0.1, 0.15) is 5.75 Å². The summed E-state index contributed by atoms with van der Waals surface area (Å²) in [6, 6.07) is 10.2. The minimum absolute atomic E-state index is 0.0462. The van der Waals surface area contributed by atoms with Gasteiger partial charge >= 0.3 is 5.97 Å². The van der Waals surface area contributed by atoms with Crippen molar-refractivity contribution in [1.82, 2.24) is 0 Å². The maximum Gasteiger partial charge on any atom is 0.316 e. The lowest BCUT2D eigenvalue weighted by Crippen LogP contribution is -2.34. The number of amides is 3. The number of benzene rings is 2. The quantitative estimate of drug-likeness (QED) is 0.193. The van der Waals surface area contributed by atoms with Crippen LogP contribution in [0.3, 0.4) is 0 Å². The number of anilines is 2. The fraction of sp³-hybridized carbons (Fsp3) is 0.407. The molecule has 0 spiro atoms. The van der Waals surface area contributed by atoms with E-state index >= 15 is 0 Å². The molecule has 0 bridgehead atoms. The summed E-state index contributed by atoms with van der Waals surface area (Å²) in [7, 11) is 0. The Bertz CT molecular complexity index is 1290. The van der Waals surface area contributed by atoms with Crippen LogP contribution in [0, 0.1) is 31.6 Å². The summed E-state index contributed by atoms with van der Waals surface area (Å²) in [5.74, 6) is -2.04. The minimum Gasteiger partial charge on any atom is -0.426 e. The maximum absolute atomic E-state index is 13.2. The Morgan fingerprint density at radius 1 is 0.973 bits per heavy atom. The van der Waals surface area contributed by atoms with Crippen molar-refractivity contribution in [3.05, 3.63) is 52.5 Å². The van der Waals surface area contributed by atoms with E-state index in [4.69, 9.17) is 16.3 Å². The lowest BCUT2D eigenvalue weighted by molar-refractivity contribution is -0.139. The average Bonchev–Trinajstić information content (AvgIpc) is 3.34. The Labute approximate surface area is 236 Å². The SMILES string of the molecule is Cc1cc(OC(=O)[C@@H]2CC(=O)N(c3cccc(Cl)c3C)C2)ccc1N1C(=O)[C@H]2C[C@@H](Br)[C@@H](Br)C[C@H]2C1=O. The van der Waals surface area contributed by atoms with E-state index in [2.05, 4.69) is 31.9 Å². The highest BCUT2D eigenvalue weighted by atomic mass is 79.9. The van der Waals surface area contributed by atoms with Gasteiger partial charge in [0.25, 0.3) is 0 Å². The average molecular weight is 653 g/mol. The highest BCUT2D eigenvalue weighted by Gasteiger charge is 2.52. The molecular weight excluding hydrogens is 628 g/mol. The molecule has 3 fully saturated rings. The highest BCUT2D eigenvalue weighted by molar-refractivity contribution is 9.12. The molecule has 37 heavy (non-hydrogen) atoms. The Balaban J connectivity index is 1.29. The number of nitrogens with zero attached hydrogens (tertiary/aromatic N) is 2. The number of rotatable bonds is 4. The van der Waals surface area contributed by atoms with Gasteiger partial charge in [-0.05, 0) is 68.1 Å². The Kier molecular flexibility index (Phi) is 7.24. The molecule has 5 atom stereocenters. The minimum atomic E-state index is -0.620. The number of carbonyl (C=O) groups excluding carboxylic acids is 4. The topological polar surface area (TPSA) is 84.0 Å². The molecule has 3 aliphatic rings. The van der Waals surface area contributed by atoms with Gasteiger partial charge in [0, 0.05) is 33.3 Å². The van der Waals surface area contributed by atoms with Gasteiger partial charge in [0.15, 0.2) is 0 Å². The van der Waals surface area contributed by atoms with Crippen molar-refractivity contribution >= 4 is 78.5 Å². The second-order valence-electron chi connectivity index (χ2n) is 9.89. The van der Waals surface area contributed by atoms with Gasteiger partial charge in [-0.15, -0.1) is 0 Å². The molecule has 2 aliphatic heterocycles. The van der Waals surface area contributed by atoms with Crippen LogP contribution in [0.2, 0.25) is 5.02 Å². The summed E-state index contributed by atoms with van der Waals surface area (Å²) in [5, 5.41) is 0.556. The highest BCUT2D eigenvalue weighted by Crippen LogP contribution is 2.45. The smallest absolute Gasteiger partial charge is 0.316 e. The molecule has 7 nitrogen and oxygen atoms in total. The van der Waals surface area contributed by atoms with E-state index in [0.29, 0.717) is 40.6 Å². The Morgan fingerprint density at radius 3 is 2.24 bits per heavy atom. The summed E-state index contributed by atoms with van der Waals surface area (Å²) in [5.41, 5.74) is 2.61. The molecule has 5 rings (SSSR count). The van der Waals surface area contributed by atoms with Crippen molar-refractivity contribution < 1.29 is 23.9 Å². The van der Waals surface area contributed by atoms with Gasteiger partial charge in [0.2, 0.25) is 17.7 Å². The molecule has 0 aromatic heterocycles. The number of fused-ring (bicyclic) bond motifs is 1. The van der Waals surface area contributed by atoms with Gasteiger partial charge in [-0.25, -0.2) is 4.90 Å². The van der Waals surface area contributed by atoms with Gasteiger partial charge in [0.05, 0.1) is 23.4 Å². The van der Waals surface area contributed by atoms with Crippen molar-refractivity contribution in [2.24, 2.45) is 17.8 Å². The van der Waals surface area contributed by atoms with Crippen molar-refractivity contribution in [2.75, 3.05) is 16.3 Å². The van der Waals surface area contributed by atoms with E-state index in [1.165, 1.54) is 4.90 Å². The van der Waals surface area contributed by atoms with Crippen molar-refractivity contribution in [3.63, 3.8) is 0 Å². The third-order valence-electron chi connectivity index (χ3n) is 7.53. The number of halogens is 3. The van der Waals surface area contributed by atoms with Crippen molar-refractivity contribution in [2.45, 2.75) is 42.8 Å². The molecule has 0 unspecified atom stereocenters. The third-order valence-corrected chi connectivity index (χ3v) is 10.7. The maximum atomic E-state index is 13.2. The zero-order valence-corrected chi connectivity index (χ0v) is 24.2. The Hall–Kier alpha value is -2.23. The van der Waals surface area contributed by atoms with Gasteiger partial charge in [-0.1, -0.05) is 49.5 Å². The summed E-state index contributed by atoms with van der Waals surface area (Å²) in [4.78, 5) is 55.0. The number of carbonyl (C=O) groups is 4. The standard InChI is InChI=1S/C27H25Br2ClN2O5/c1-13-8-16(6-7-22(13)32-25(34)17-10-19(28)20(29)11-18(17)26(32)35)37-27(36)15-9-24(33)31(12-15)23-5-3-4-21(30)14(23)2/h3-8,15,17-20H,9-12H2,1-2H3/t15-,17-,18+,19+,20-/m1/s1. The first-order chi connectivity index (χ1) is 17.6. The number of hydrogen-bond acceptors (Lipinski definition) is 5. The molecule has 3 amide bonds. The molecule has 0 radical (unpaired) electrons. The van der Waals surface area contributed by atoms with E-state index in [9.17, 15) is 19.2 Å². The third kappa shape index (κ3) is 4.74. The van der Waals surface area contributed by atoms with Gasteiger partial charge in [-0.3, -0.25) is 19.2 Å². The van der Waals surface area contributed by atoms with Crippen molar-refractivity contribution in [3.8, 4) is 5.75 Å². The normalized spacial score (nSPS) is 27.6. The summed E-state index contributed by atoms with van der Waals surface area (Å²) in [6.07, 6.45) is 1.25. The predicted octanol–water partition coefficient (Wildman–Crippen LogP) is 5.34.